The van der Waals surface area contributed by atoms with E-state index in [1.54, 1.807) is 48.5 Å². The highest BCUT2D eigenvalue weighted by atomic mass is 16.4. The van der Waals surface area contributed by atoms with Crippen molar-refractivity contribution in [3.8, 4) is 11.5 Å². The number of phenols is 2. The van der Waals surface area contributed by atoms with Crippen LogP contribution in [-0.2, 0) is 33.6 Å². The number of nitrogens with two attached hydrogens (primary N) is 1. The summed E-state index contributed by atoms with van der Waals surface area (Å²) in [5.41, 5.74) is 8.19. The summed E-state index contributed by atoms with van der Waals surface area (Å²) in [6.07, 6.45) is 0.313. The summed E-state index contributed by atoms with van der Waals surface area (Å²) in [7, 11) is 0. The maximum atomic E-state index is 13.2. The highest BCUT2D eigenvalue weighted by molar-refractivity contribution is 5.92. The molecule has 0 aliphatic heterocycles. The summed E-state index contributed by atoms with van der Waals surface area (Å²) in [6.45, 7) is 0. The van der Waals surface area contributed by atoms with E-state index in [1.807, 2.05) is 6.07 Å². The van der Waals surface area contributed by atoms with Crippen LogP contribution in [0.4, 0.5) is 0 Å². The summed E-state index contributed by atoms with van der Waals surface area (Å²) in [4.78, 5) is 37.9. The van der Waals surface area contributed by atoms with Crippen molar-refractivity contribution in [1.29, 1.82) is 0 Å². The number of amides is 2. The number of rotatable bonds is 11. The molecule has 3 atom stereocenters. The van der Waals surface area contributed by atoms with Gasteiger partial charge in [0.2, 0.25) is 11.8 Å². The third kappa shape index (κ3) is 7.85. The predicted octanol–water partition coefficient (Wildman–Crippen LogP) is 1.51. The standard InChI is InChI=1S/C27H29N3O6/c28-22(14-18-6-10-20(31)11-7-18)25(33)29-23(15-17-4-2-1-3-5-17)26(34)30-24(27(35)36)16-19-8-12-21(32)13-9-19/h1-13,22-24,31-32H,14-16,28H2,(H,29,33)(H,30,34)(H,35,36)/t22-,23-,24-/m0/s1. The maximum absolute atomic E-state index is 13.2. The fraction of sp³-hybridized carbons (Fsp3) is 0.222. The van der Waals surface area contributed by atoms with Gasteiger partial charge in [0.25, 0.3) is 0 Å². The molecular formula is C27H29N3O6. The fourth-order valence-electron chi connectivity index (χ4n) is 3.66. The number of carbonyl (C=O) groups excluding carboxylic acids is 2. The third-order valence-corrected chi connectivity index (χ3v) is 5.64. The molecule has 0 radical (unpaired) electrons. The second-order valence-electron chi connectivity index (χ2n) is 8.50. The SMILES string of the molecule is N[C@@H](Cc1ccc(O)cc1)C(=O)N[C@@H](Cc1ccccc1)C(=O)N[C@@H](Cc1ccc(O)cc1)C(=O)O. The average molecular weight is 492 g/mol. The van der Waals surface area contributed by atoms with Gasteiger partial charge in [-0.05, 0) is 47.4 Å². The highest BCUT2D eigenvalue weighted by Crippen LogP contribution is 2.13. The quantitative estimate of drug-likeness (QED) is 0.237. The van der Waals surface area contributed by atoms with Crippen LogP contribution in [0.5, 0.6) is 11.5 Å². The van der Waals surface area contributed by atoms with E-state index in [0.717, 1.165) is 11.1 Å². The Hall–Kier alpha value is -4.37. The van der Waals surface area contributed by atoms with Crippen molar-refractivity contribution in [3.05, 3.63) is 95.6 Å². The number of benzene rings is 3. The molecular weight excluding hydrogens is 462 g/mol. The van der Waals surface area contributed by atoms with E-state index in [2.05, 4.69) is 10.6 Å². The number of aromatic hydroxyl groups is 2. The van der Waals surface area contributed by atoms with Gasteiger partial charge < -0.3 is 31.7 Å². The molecule has 0 saturated heterocycles. The second kappa shape index (κ2) is 12.4. The van der Waals surface area contributed by atoms with E-state index in [-0.39, 0.29) is 30.8 Å². The summed E-state index contributed by atoms with van der Waals surface area (Å²) >= 11 is 0. The molecule has 3 aromatic carbocycles. The number of hydrogen-bond donors (Lipinski definition) is 6. The van der Waals surface area contributed by atoms with Gasteiger partial charge >= 0.3 is 5.97 Å². The molecule has 7 N–H and O–H groups in total. The molecule has 9 heteroatoms. The van der Waals surface area contributed by atoms with E-state index >= 15 is 0 Å². The van der Waals surface area contributed by atoms with Crippen LogP contribution in [0.25, 0.3) is 0 Å². The van der Waals surface area contributed by atoms with Gasteiger partial charge in [-0.3, -0.25) is 9.59 Å². The van der Waals surface area contributed by atoms with Gasteiger partial charge in [-0.15, -0.1) is 0 Å². The lowest BCUT2D eigenvalue weighted by atomic mass is 10.0. The minimum absolute atomic E-state index is 0.00623. The van der Waals surface area contributed by atoms with Crippen LogP contribution in [0, 0.1) is 0 Å². The van der Waals surface area contributed by atoms with E-state index in [1.165, 1.54) is 24.3 Å². The van der Waals surface area contributed by atoms with Crippen molar-refractivity contribution in [2.24, 2.45) is 5.73 Å². The van der Waals surface area contributed by atoms with Crippen molar-refractivity contribution in [3.63, 3.8) is 0 Å². The number of nitrogens with one attached hydrogen (secondary N) is 2. The summed E-state index contributed by atoms with van der Waals surface area (Å²) in [5, 5.41) is 33.7. The van der Waals surface area contributed by atoms with Crippen LogP contribution in [0.1, 0.15) is 16.7 Å². The number of hydrogen-bond acceptors (Lipinski definition) is 6. The lowest BCUT2D eigenvalue weighted by Gasteiger charge is -2.23. The second-order valence-corrected chi connectivity index (χ2v) is 8.50. The molecule has 0 bridgehead atoms. The molecule has 188 valence electrons. The maximum Gasteiger partial charge on any atom is 0.326 e. The van der Waals surface area contributed by atoms with Crippen molar-refractivity contribution in [2.75, 3.05) is 0 Å². The van der Waals surface area contributed by atoms with E-state index in [0.29, 0.717) is 5.56 Å². The largest absolute Gasteiger partial charge is 0.508 e. The Kier molecular flexibility index (Phi) is 9.01. The monoisotopic (exact) mass is 491 g/mol. The van der Waals surface area contributed by atoms with E-state index < -0.39 is 35.9 Å². The first-order valence-corrected chi connectivity index (χ1v) is 11.4. The van der Waals surface area contributed by atoms with Crippen LogP contribution < -0.4 is 16.4 Å². The summed E-state index contributed by atoms with van der Waals surface area (Å²) < 4.78 is 0. The Balaban J connectivity index is 1.72. The molecule has 0 spiro atoms. The number of carboxylic acids is 1. The number of phenolic OH excluding ortho intramolecular Hbond substituents is 2. The van der Waals surface area contributed by atoms with Crippen molar-refractivity contribution in [2.45, 2.75) is 37.4 Å². The van der Waals surface area contributed by atoms with Gasteiger partial charge in [-0.25, -0.2) is 4.79 Å². The number of carboxylic acid groups (broad SMARTS) is 1. The molecule has 0 aliphatic rings. The molecule has 2 amide bonds. The molecule has 3 rings (SSSR count). The predicted molar refractivity (Wildman–Crippen MR) is 133 cm³/mol. The van der Waals surface area contributed by atoms with Crippen LogP contribution >= 0.6 is 0 Å². The normalized spacial score (nSPS) is 13.2. The molecule has 0 aliphatic carbocycles. The minimum atomic E-state index is -1.25. The Morgan fingerprint density at radius 3 is 1.61 bits per heavy atom. The molecule has 36 heavy (non-hydrogen) atoms. The van der Waals surface area contributed by atoms with Gasteiger partial charge in [0.1, 0.15) is 23.6 Å². The van der Waals surface area contributed by atoms with Gasteiger partial charge in [-0.2, -0.15) is 0 Å². The van der Waals surface area contributed by atoms with Crippen LogP contribution in [0.3, 0.4) is 0 Å². The number of carbonyl (C=O) groups is 3. The highest BCUT2D eigenvalue weighted by Gasteiger charge is 2.28. The Bertz CT molecular complexity index is 1170. The molecule has 0 aromatic heterocycles. The molecule has 0 heterocycles. The van der Waals surface area contributed by atoms with Crippen molar-refractivity contribution < 1.29 is 29.7 Å². The van der Waals surface area contributed by atoms with Crippen molar-refractivity contribution in [1.82, 2.24) is 10.6 Å². The Morgan fingerprint density at radius 2 is 1.08 bits per heavy atom. The zero-order chi connectivity index (χ0) is 26.1. The van der Waals surface area contributed by atoms with Gasteiger partial charge in [-0.1, -0.05) is 54.6 Å². The third-order valence-electron chi connectivity index (χ3n) is 5.64. The lowest BCUT2D eigenvalue weighted by molar-refractivity contribution is -0.142. The fourth-order valence-corrected chi connectivity index (χ4v) is 3.66. The molecule has 0 saturated carbocycles. The first-order valence-electron chi connectivity index (χ1n) is 11.4. The zero-order valence-corrected chi connectivity index (χ0v) is 19.5. The first kappa shape index (κ1) is 26.2. The van der Waals surface area contributed by atoms with Crippen LogP contribution in [0.2, 0.25) is 0 Å². The van der Waals surface area contributed by atoms with Crippen LogP contribution in [-0.4, -0.2) is 51.2 Å². The number of aliphatic carboxylic acids is 1. The van der Waals surface area contributed by atoms with Gasteiger partial charge in [0, 0.05) is 12.8 Å². The van der Waals surface area contributed by atoms with Crippen molar-refractivity contribution >= 4 is 17.8 Å². The summed E-state index contributed by atoms with van der Waals surface area (Å²) in [5.74, 6) is -2.31. The molecule has 9 nitrogen and oxygen atoms in total. The summed E-state index contributed by atoms with van der Waals surface area (Å²) in [6, 6.07) is 18.0. The minimum Gasteiger partial charge on any atom is -0.508 e. The van der Waals surface area contributed by atoms with Gasteiger partial charge in [0.15, 0.2) is 0 Å². The average Bonchev–Trinajstić information content (AvgIpc) is 2.86. The van der Waals surface area contributed by atoms with E-state index in [4.69, 9.17) is 5.73 Å². The Morgan fingerprint density at radius 1 is 0.639 bits per heavy atom. The Labute approximate surface area is 208 Å². The lowest BCUT2D eigenvalue weighted by Crippen LogP contribution is -2.55. The molecule has 0 unspecified atom stereocenters. The first-order chi connectivity index (χ1) is 17.2. The zero-order valence-electron chi connectivity index (χ0n) is 19.5. The van der Waals surface area contributed by atoms with E-state index in [9.17, 15) is 29.7 Å². The van der Waals surface area contributed by atoms with Gasteiger partial charge in [0.05, 0.1) is 6.04 Å². The molecule has 3 aromatic rings. The van der Waals surface area contributed by atoms with Crippen LogP contribution in [0.15, 0.2) is 78.9 Å². The topological polar surface area (TPSA) is 162 Å². The smallest absolute Gasteiger partial charge is 0.326 e. The molecule has 0 fully saturated rings.